The van der Waals surface area contributed by atoms with Gasteiger partial charge in [-0.3, -0.25) is 13.9 Å². The predicted molar refractivity (Wildman–Crippen MR) is 163 cm³/mol. The summed E-state index contributed by atoms with van der Waals surface area (Å²) in [5.41, 5.74) is 1.10. The van der Waals surface area contributed by atoms with Crippen LogP contribution in [0.2, 0.25) is 10.0 Å². The zero-order valence-corrected chi connectivity index (χ0v) is 26.3. The van der Waals surface area contributed by atoms with E-state index in [9.17, 15) is 18.0 Å². The summed E-state index contributed by atoms with van der Waals surface area (Å²) in [7, 11) is -2.72. The molecule has 0 aliphatic heterocycles. The summed E-state index contributed by atoms with van der Waals surface area (Å²) in [6.07, 6.45) is 0. The molecule has 0 saturated carbocycles. The number of benzene rings is 3. The number of aryl methyl sites for hydroxylation is 1. The van der Waals surface area contributed by atoms with Crippen LogP contribution in [0.4, 0.5) is 5.69 Å². The Labute approximate surface area is 252 Å². The van der Waals surface area contributed by atoms with Crippen molar-refractivity contribution in [3.63, 3.8) is 0 Å². The Hall–Kier alpha value is -3.27. The van der Waals surface area contributed by atoms with Crippen LogP contribution >= 0.6 is 23.2 Å². The maximum Gasteiger partial charge on any atom is 0.264 e. The van der Waals surface area contributed by atoms with Crippen molar-refractivity contribution in [2.24, 2.45) is 0 Å². The van der Waals surface area contributed by atoms with Crippen LogP contribution in [0.25, 0.3) is 0 Å². The van der Waals surface area contributed by atoms with Gasteiger partial charge in [0.05, 0.1) is 22.7 Å². The van der Waals surface area contributed by atoms with E-state index in [1.165, 1.54) is 35.2 Å². The lowest BCUT2D eigenvalue weighted by Crippen LogP contribution is -2.54. The third-order valence-corrected chi connectivity index (χ3v) is 8.57. The van der Waals surface area contributed by atoms with Crippen molar-refractivity contribution in [3.8, 4) is 5.75 Å². The molecule has 0 aliphatic rings. The Morgan fingerprint density at radius 2 is 1.59 bits per heavy atom. The first-order valence-electron chi connectivity index (χ1n) is 12.9. The summed E-state index contributed by atoms with van der Waals surface area (Å²) in [6, 6.07) is 16.8. The number of halogens is 2. The second-order valence-corrected chi connectivity index (χ2v) is 13.4. The number of carbonyl (C=O) groups excluding carboxylic acids is 2. The monoisotopic (exact) mass is 619 g/mol. The molecule has 8 nitrogen and oxygen atoms in total. The van der Waals surface area contributed by atoms with Gasteiger partial charge in [0, 0.05) is 17.1 Å². The molecule has 3 rings (SSSR count). The van der Waals surface area contributed by atoms with Gasteiger partial charge in [-0.05, 0) is 82.6 Å². The first-order chi connectivity index (χ1) is 19.1. The Morgan fingerprint density at radius 1 is 0.976 bits per heavy atom. The number of sulfonamides is 1. The van der Waals surface area contributed by atoms with Gasteiger partial charge in [-0.15, -0.1) is 0 Å². The molecular weight excluding hydrogens is 585 g/mol. The fourth-order valence-corrected chi connectivity index (χ4v) is 5.87. The first-order valence-corrected chi connectivity index (χ1v) is 15.1. The SMILES string of the molecule is COc1ccc(CN(C(=O)CN(c2cc(Cl)ccc2Cl)S(=O)(=O)c2ccc(C)cc2)[C@@H](C)C(=O)NC(C)(C)C)cc1. The fraction of sp³-hybridized carbons (Fsp3) is 0.333. The minimum absolute atomic E-state index is 0.0211. The molecule has 0 bridgehead atoms. The van der Waals surface area contributed by atoms with Crippen LogP contribution in [0.1, 0.15) is 38.8 Å². The van der Waals surface area contributed by atoms with Crippen molar-refractivity contribution in [2.45, 2.75) is 57.6 Å². The molecule has 0 fully saturated rings. The summed E-state index contributed by atoms with van der Waals surface area (Å²) in [6.45, 7) is 8.38. The lowest BCUT2D eigenvalue weighted by Gasteiger charge is -2.33. The first kappa shape index (κ1) is 32.2. The number of nitrogens with zero attached hydrogens (tertiary/aromatic N) is 2. The van der Waals surface area contributed by atoms with Crippen LogP contribution in [0, 0.1) is 6.92 Å². The van der Waals surface area contributed by atoms with Gasteiger partial charge in [-0.2, -0.15) is 0 Å². The molecule has 0 aliphatic carbocycles. The highest BCUT2D eigenvalue weighted by Crippen LogP contribution is 2.33. The number of amides is 2. The lowest BCUT2D eigenvalue weighted by molar-refractivity contribution is -0.140. The summed E-state index contributed by atoms with van der Waals surface area (Å²) in [4.78, 5) is 28.6. The van der Waals surface area contributed by atoms with Crippen molar-refractivity contribution < 1.29 is 22.7 Å². The molecule has 0 heterocycles. The number of carbonyl (C=O) groups is 2. The van der Waals surface area contributed by atoms with E-state index in [2.05, 4.69) is 5.32 Å². The van der Waals surface area contributed by atoms with Crippen LogP contribution < -0.4 is 14.4 Å². The van der Waals surface area contributed by atoms with Crippen molar-refractivity contribution >= 4 is 50.7 Å². The Balaban J connectivity index is 2.07. The predicted octanol–water partition coefficient (Wildman–Crippen LogP) is 5.84. The molecule has 220 valence electrons. The Kier molecular flexibility index (Phi) is 10.3. The molecule has 41 heavy (non-hydrogen) atoms. The van der Waals surface area contributed by atoms with Gasteiger partial charge >= 0.3 is 0 Å². The number of methoxy groups -OCH3 is 1. The molecule has 0 radical (unpaired) electrons. The van der Waals surface area contributed by atoms with Gasteiger partial charge in [0.25, 0.3) is 10.0 Å². The number of hydrogen-bond acceptors (Lipinski definition) is 5. The smallest absolute Gasteiger partial charge is 0.264 e. The summed E-state index contributed by atoms with van der Waals surface area (Å²) in [5, 5.41) is 3.24. The topological polar surface area (TPSA) is 96.0 Å². The van der Waals surface area contributed by atoms with E-state index in [4.69, 9.17) is 27.9 Å². The van der Waals surface area contributed by atoms with Crippen LogP contribution in [0.3, 0.4) is 0 Å². The van der Waals surface area contributed by atoms with E-state index in [1.807, 2.05) is 27.7 Å². The molecule has 0 spiro atoms. The molecule has 0 saturated heterocycles. The van der Waals surface area contributed by atoms with E-state index in [0.717, 1.165) is 15.4 Å². The number of ether oxygens (including phenoxy) is 1. The molecule has 2 amide bonds. The van der Waals surface area contributed by atoms with Crippen LogP contribution in [-0.4, -0.2) is 50.4 Å². The van der Waals surface area contributed by atoms with Gasteiger partial charge in [0.2, 0.25) is 11.8 Å². The zero-order valence-electron chi connectivity index (χ0n) is 23.9. The zero-order chi connectivity index (χ0) is 30.5. The standard InChI is InChI=1S/C30H35Cl2N3O5S/c1-20-7-14-25(15-8-20)41(38,39)35(27-17-23(31)11-16-26(27)32)19-28(36)34(21(2)29(37)33-30(3,4)5)18-22-9-12-24(40-6)13-10-22/h7-17,21H,18-19H2,1-6H3,(H,33,37)/t21-/m0/s1. The molecule has 0 aromatic heterocycles. The molecule has 1 atom stereocenters. The number of nitrogens with one attached hydrogen (secondary N) is 1. The Bertz CT molecular complexity index is 1490. The number of hydrogen-bond donors (Lipinski definition) is 1. The van der Waals surface area contributed by atoms with Gasteiger partial charge < -0.3 is 15.0 Å². The van der Waals surface area contributed by atoms with Crippen LogP contribution in [0.15, 0.2) is 71.6 Å². The minimum Gasteiger partial charge on any atom is -0.497 e. The van der Waals surface area contributed by atoms with Gasteiger partial charge in [-0.25, -0.2) is 8.42 Å². The average molecular weight is 621 g/mol. The molecule has 0 unspecified atom stereocenters. The van der Waals surface area contributed by atoms with Crippen LogP contribution in [0.5, 0.6) is 5.75 Å². The van der Waals surface area contributed by atoms with Gasteiger partial charge in [0.1, 0.15) is 18.3 Å². The van der Waals surface area contributed by atoms with E-state index in [1.54, 1.807) is 50.4 Å². The quantitative estimate of drug-likeness (QED) is 0.308. The summed E-state index contributed by atoms with van der Waals surface area (Å²) >= 11 is 12.7. The third kappa shape index (κ3) is 8.38. The molecule has 11 heteroatoms. The van der Waals surface area contributed by atoms with Crippen molar-refractivity contribution in [1.82, 2.24) is 10.2 Å². The molecule has 3 aromatic rings. The largest absolute Gasteiger partial charge is 0.497 e. The highest BCUT2D eigenvalue weighted by molar-refractivity contribution is 7.92. The average Bonchev–Trinajstić information content (AvgIpc) is 2.91. The molecule has 1 N–H and O–H groups in total. The number of anilines is 1. The summed E-state index contributed by atoms with van der Waals surface area (Å²) < 4.78 is 34.1. The lowest BCUT2D eigenvalue weighted by atomic mass is 10.1. The van der Waals surface area contributed by atoms with Gasteiger partial charge in [0.15, 0.2) is 0 Å². The van der Waals surface area contributed by atoms with Crippen LogP contribution in [-0.2, 0) is 26.2 Å². The van der Waals surface area contributed by atoms with Crippen molar-refractivity contribution in [3.05, 3.63) is 87.9 Å². The van der Waals surface area contributed by atoms with Crippen molar-refractivity contribution in [2.75, 3.05) is 18.0 Å². The highest BCUT2D eigenvalue weighted by Gasteiger charge is 2.34. The fourth-order valence-electron chi connectivity index (χ4n) is 4.01. The highest BCUT2D eigenvalue weighted by atomic mass is 35.5. The van der Waals surface area contributed by atoms with Gasteiger partial charge in [-0.1, -0.05) is 53.0 Å². The molecular formula is C30H35Cl2N3O5S. The van der Waals surface area contributed by atoms with E-state index in [0.29, 0.717) is 5.75 Å². The summed E-state index contributed by atoms with van der Waals surface area (Å²) in [5.74, 6) is -0.353. The third-order valence-electron chi connectivity index (χ3n) is 6.24. The van der Waals surface area contributed by atoms with Crippen molar-refractivity contribution in [1.29, 1.82) is 0 Å². The minimum atomic E-state index is -4.27. The maximum atomic E-state index is 14.0. The number of rotatable bonds is 10. The van der Waals surface area contributed by atoms with E-state index < -0.39 is 34.1 Å². The van der Waals surface area contributed by atoms with E-state index >= 15 is 0 Å². The molecule has 3 aromatic carbocycles. The second-order valence-electron chi connectivity index (χ2n) is 10.7. The Morgan fingerprint density at radius 3 is 2.15 bits per heavy atom. The van der Waals surface area contributed by atoms with E-state index in [-0.39, 0.29) is 33.1 Å². The normalized spacial score (nSPS) is 12.4. The maximum absolute atomic E-state index is 14.0. The second kappa shape index (κ2) is 13.1.